The molecule has 26 heavy (non-hydrogen) atoms. The summed E-state index contributed by atoms with van der Waals surface area (Å²) < 4.78 is 5.40. The van der Waals surface area contributed by atoms with Crippen molar-refractivity contribution >= 4 is 29.9 Å². The van der Waals surface area contributed by atoms with Crippen LogP contribution in [0.3, 0.4) is 0 Å². The van der Waals surface area contributed by atoms with Crippen molar-refractivity contribution in [1.82, 2.24) is 10.6 Å². The van der Waals surface area contributed by atoms with Crippen LogP contribution in [0, 0.1) is 5.92 Å². The molecule has 2 atom stereocenters. The van der Waals surface area contributed by atoms with Crippen LogP contribution in [0.5, 0.6) is 5.75 Å². The maximum Gasteiger partial charge on any atom is 0.190 e. The van der Waals surface area contributed by atoms with Gasteiger partial charge in [-0.3, -0.25) is 4.99 Å². The molecule has 2 aromatic rings. The van der Waals surface area contributed by atoms with E-state index in [1.807, 2.05) is 25.2 Å². The van der Waals surface area contributed by atoms with Crippen molar-refractivity contribution in [3.63, 3.8) is 0 Å². The predicted molar refractivity (Wildman–Crippen MR) is 119 cm³/mol. The number of hydrogen-bond donors (Lipinski definition) is 2. The van der Waals surface area contributed by atoms with Crippen LogP contribution >= 0.6 is 24.0 Å². The molecule has 5 heteroatoms. The van der Waals surface area contributed by atoms with Gasteiger partial charge in [0.25, 0.3) is 0 Å². The van der Waals surface area contributed by atoms with E-state index in [0.29, 0.717) is 11.8 Å². The molecule has 2 aromatic carbocycles. The minimum absolute atomic E-state index is 0. The molecule has 0 heterocycles. The second kappa shape index (κ2) is 10.4. The van der Waals surface area contributed by atoms with Crippen LogP contribution < -0.4 is 15.4 Å². The highest BCUT2D eigenvalue weighted by Gasteiger charge is 2.37. The summed E-state index contributed by atoms with van der Waals surface area (Å²) in [7, 11) is 3.53. The minimum Gasteiger partial charge on any atom is -0.496 e. The highest BCUT2D eigenvalue weighted by Crippen LogP contribution is 2.46. The van der Waals surface area contributed by atoms with E-state index < -0.39 is 0 Å². The van der Waals surface area contributed by atoms with Crippen LogP contribution in [-0.2, 0) is 6.42 Å². The van der Waals surface area contributed by atoms with E-state index in [9.17, 15) is 0 Å². The zero-order valence-electron chi connectivity index (χ0n) is 15.4. The van der Waals surface area contributed by atoms with Gasteiger partial charge in [0.1, 0.15) is 5.75 Å². The van der Waals surface area contributed by atoms with Gasteiger partial charge in [0.2, 0.25) is 0 Å². The SMILES string of the molecule is CN=C(NCCc1ccccc1OC)NCC1CC1c1ccccc1.I. The van der Waals surface area contributed by atoms with Gasteiger partial charge in [0.15, 0.2) is 5.96 Å². The second-order valence-electron chi connectivity index (χ2n) is 6.45. The van der Waals surface area contributed by atoms with Gasteiger partial charge in [0.05, 0.1) is 7.11 Å². The number of ether oxygens (including phenoxy) is 1. The standard InChI is InChI=1S/C21H27N3O.HI/c1-22-21(23-13-12-17-10-6-7-11-20(17)25-2)24-15-18-14-19(18)16-8-4-3-5-9-16;/h3-11,18-19H,12-15H2,1-2H3,(H2,22,23,24);1H. The molecule has 0 aliphatic heterocycles. The Kier molecular flexibility index (Phi) is 8.22. The van der Waals surface area contributed by atoms with Gasteiger partial charge in [0, 0.05) is 20.1 Å². The summed E-state index contributed by atoms with van der Waals surface area (Å²) >= 11 is 0. The first-order valence-electron chi connectivity index (χ1n) is 8.93. The second-order valence-corrected chi connectivity index (χ2v) is 6.45. The molecule has 2 N–H and O–H groups in total. The number of methoxy groups -OCH3 is 1. The van der Waals surface area contributed by atoms with Gasteiger partial charge in [-0.2, -0.15) is 0 Å². The Labute approximate surface area is 173 Å². The van der Waals surface area contributed by atoms with Crippen molar-refractivity contribution in [3.8, 4) is 5.75 Å². The van der Waals surface area contributed by atoms with Gasteiger partial charge in [-0.1, -0.05) is 48.5 Å². The molecular weight excluding hydrogens is 437 g/mol. The summed E-state index contributed by atoms with van der Waals surface area (Å²) in [5.41, 5.74) is 2.66. The molecule has 3 rings (SSSR count). The number of benzene rings is 2. The number of halogens is 1. The summed E-state index contributed by atoms with van der Waals surface area (Å²) in [5, 5.41) is 6.84. The van der Waals surface area contributed by atoms with Gasteiger partial charge in [-0.05, 0) is 41.9 Å². The molecule has 0 bridgehead atoms. The third-order valence-electron chi connectivity index (χ3n) is 4.78. The largest absolute Gasteiger partial charge is 0.496 e. The Balaban J connectivity index is 0.00000243. The zero-order valence-corrected chi connectivity index (χ0v) is 17.8. The lowest BCUT2D eigenvalue weighted by Gasteiger charge is -2.13. The van der Waals surface area contributed by atoms with Crippen LogP contribution in [0.15, 0.2) is 59.6 Å². The van der Waals surface area contributed by atoms with E-state index in [4.69, 9.17) is 4.74 Å². The summed E-state index contributed by atoms with van der Waals surface area (Å²) in [4.78, 5) is 4.32. The Morgan fingerprint density at radius 3 is 2.54 bits per heavy atom. The molecule has 0 amide bonds. The molecule has 0 saturated heterocycles. The van der Waals surface area contributed by atoms with E-state index in [2.05, 4.69) is 52.0 Å². The van der Waals surface area contributed by atoms with Crippen molar-refractivity contribution in [2.24, 2.45) is 10.9 Å². The van der Waals surface area contributed by atoms with Crippen LogP contribution in [0.4, 0.5) is 0 Å². The van der Waals surface area contributed by atoms with Crippen molar-refractivity contribution in [1.29, 1.82) is 0 Å². The first-order chi connectivity index (χ1) is 12.3. The third kappa shape index (κ3) is 5.62. The van der Waals surface area contributed by atoms with Crippen molar-refractivity contribution in [2.75, 3.05) is 27.2 Å². The number of rotatable bonds is 7. The number of para-hydroxylation sites is 1. The maximum atomic E-state index is 5.40. The van der Waals surface area contributed by atoms with Crippen molar-refractivity contribution in [3.05, 3.63) is 65.7 Å². The summed E-state index contributed by atoms with van der Waals surface area (Å²) in [6, 6.07) is 18.9. The molecule has 1 fully saturated rings. The number of nitrogens with zero attached hydrogens (tertiary/aromatic N) is 1. The van der Waals surface area contributed by atoms with Crippen LogP contribution in [0.1, 0.15) is 23.5 Å². The normalized spacial score (nSPS) is 18.6. The van der Waals surface area contributed by atoms with Crippen molar-refractivity contribution < 1.29 is 4.74 Å². The molecule has 0 radical (unpaired) electrons. The third-order valence-corrected chi connectivity index (χ3v) is 4.78. The molecule has 2 unspecified atom stereocenters. The average Bonchev–Trinajstić information content (AvgIpc) is 3.45. The van der Waals surface area contributed by atoms with Gasteiger partial charge >= 0.3 is 0 Å². The first kappa shape index (κ1) is 20.6. The van der Waals surface area contributed by atoms with Gasteiger partial charge < -0.3 is 15.4 Å². The Bertz CT molecular complexity index is 705. The molecule has 0 spiro atoms. The Morgan fingerprint density at radius 2 is 1.81 bits per heavy atom. The topological polar surface area (TPSA) is 45.7 Å². The highest BCUT2D eigenvalue weighted by atomic mass is 127. The monoisotopic (exact) mass is 465 g/mol. The molecule has 140 valence electrons. The molecule has 1 saturated carbocycles. The van der Waals surface area contributed by atoms with Gasteiger partial charge in [-0.15, -0.1) is 24.0 Å². The summed E-state index contributed by atoms with van der Waals surface area (Å²) in [6.45, 7) is 1.79. The fourth-order valence-electron chi connectivity index (χ4n) is 3.26. The summed E-state index contributed by atoms with van der Waals surface area (Å²) in [6.07, 6.45) is 2.16. The summed E-state index contributed by atoms with van der Waals surface area (Å²) in [5.74, 6) is 3.21. The van der Waals surface area contributed by atoms with Crippen LogP contribution in [0.2, 0.25) is 0 Å². The van der Waals surface area contributed by atoms with E-state index in [1.165, 1.54) is 17.5 Å². The minimum atomic E-state index is 0. The molecule has 0 aromatic heterocycles. The van der Waals surface area contributed by atoms with Crippen LogP contribution in [-0.4, -0.2) is 33.2 Å². The Hall–Kier alpha value is -1.76. The molecule has 4 nitrogen and oxygen atoms in total. The number of guanidine groups is 1. The lowest BCUT2D eigenvalue weighted by atomic mass is 10.1. The molecule has 1 aliphatic carbocycles. The maximum absolute atomic E-state index is 5.40. The van der Waals surface area contributed by atoms with Crippen LogP contribution in [0.25, 0.3) is 0 Å². The number of hydrogen-bond acceptors (Lipinski definition) is 2. The predicted octanol–water partition coefficient (Wildman–Crippen LogP) is 3.82. The fourth-order valence-corrected chi connectivity index (χ4v) is 3.26. The lowest BCUT2D eigenvalue weighted by molar-refractivity contribution is 0.409. The van der Waals surface area contributed by atoms with Gasteiger partial charge in [-0.25, -0.2) is 0 Å². The van der Waals surface area contributed by atoms with E-state index in [-0.39, 0.29) is 24.0 Å². The Morgan fingerprint density at radius 1 is 1.08 bits per heavy atom. The number of nitrogens with one attached hydrogen (secondary N) is 2. The highest BCUT2D eigenvalue weighted by molar-refractivity contribution is 14.0. The first-order valence-corrected chi connectivity index (χ1v) is 8.93. The fraction of sp³-hybridized carbons (Fsp3) is 0.381. The van der Waals surface area contributed by atoms with E-state index in [0.717, 1.165) is 31.2 Å². The smallest absolute Gasteiger partial charge is 0.190 e. The average molecular weight is 465 g/mol. The lowest BCUT2D eigenvalue weighted by Crippen LogP contribution is -2.39. The van der Waals surface area contributed by atoms with Crippen molar-refractivity contribution in [2.45, 2.75) is 18.8 Å². The number of aliphatic imine (C=N–C) groups is 1. The molecule has 1 aliphatic rings. The zero-order chi connectivity index (χ0) is 17.5. The molecular formula is C21H28IN3O. The van der Waals surface area contributed by atoms with E-state index in [1.54, 1.807) is 7.11 Å². The quantitative estimate of drug-likeness (QED) is 0.371. The van der Waals surface area contributed by atoms with E-state index >= 15 is 0 Å².